The van der Waals surface area contributed by atoms with E-state index in [9.17, 15) is 12.8 Å². The topological polar surface area (TPSA) is 52.7 Å². The summed E-state index contributed by atoms with van der Waals surface area (Å²) in [7, 11) is -3.23. The summed E-state index contributed by atoms with van der Waals surface area (Å²) in [4.78, 5) is 1.91. The van der Waals surface area contributed by atoms with Crippen LogP contribution in [0, 0.1) is 5.82 Å². The SMILES string of the molecule is O=S(=O)(C1CCNC1)N1CCN(c2ccccc2F)CC1. The van der Waals surface area contributed by atoms with Crippen LogP contribution in [-0.2, 0) is 10.0 Å². The molecule has 2 fully saturated rings. The molecular formula is C14H20FN3O2S. The fraction of sp³-hybridized carbons (Fsp3) is 0.571. The van der Waals surface area contributed by atoms with Crippen molar-refractivity contribution in [3.8, 4) is 0 Å². The number of anilines is 1. The molecule has 0 radical (unpaired) electrons. The fourth-order valence-corrected chi connectivity index (χ4v) is 4.82. The van der Waals surface area contributed by atoms with Crippen LogP contribution in [0.3, 0.4) is 0 Å². The largest absolute Gasteiger partial charge is 0.367 e. The molecule has 0 saturated carbocycles. The van der Waals surface area contributed by atoms with Gasteiger partial charge in [0.25, 0.3) is 0 Å². The standard InChI is InChI=1S/C14H20FN3O2S/c15-13-3-1-2-4-14(13)17-7-9-18(10-8-17)21(19,20)12-5-6-16-11-12/h1-4,12,16H,5-11H2. The Morgan fingerprint density at radius 1 is 1.14 bits per heavy atom. The maximum Gasteiger partial charge on any atom is 0.218 e. The number of nitrogens with one attached hydrogen (secondary N) is 1. The van der Waals surface area contributed by atoms with Gasteiger partial charge >= 0.3 is 0 Å². The highest BCUT2D eigenvalue weighted by Gasteiger charge is 2.35. The molecule has 0 bridgehead atoms. The van der Waals surface area contributed by atoms with Crippen molar-refractivity contribution >= 4 is 15.7 Å². The number of sulfonamides is 1. The third-order valence-electron chi connectivity index (χ3n) is 4.23. The van der Waals surface area contributed by atoms with Crippen molar-refractivity contribution in [2.24, 2.45) is 0 Å². The van der Waals surface area contributed by atoms with E-state index in [1.807, 2.05) is 4.90 Å². The molecule has 0 spiro atoms. The van der Waals surface area contributed by atoms with E-state index in [1.54, 1.807) is 22.5 Å². The fourth-order valence-electron chi connectivity index (χ4n) is 2.98. The lowest BCUT2D eigenvalue weighted by Crippen LogP contribution is -2.51. The van der Waals surface area contributed by atoms with E-state index in [0.29, 0.717) is 44.8 Å². The van der Waals surface area contributed by atoms with Crippen LogP contribution < -0.4 is 10.2 Å². The van der Waals surface area contributed by atoms with Gasteiger partial charge in [-0.25, -0.2) is 12.8 Å². The molecule has 1 aromatic rings. The molecule has 0 aromatic heterocycles. The van der Waals surface area contributed by atoms with Gasteiger partial charge in [0.1, 0.15) is 5.82 Å². The first-order chi connectivity index (χ1) is 10.1. The highest BCUT2D eigenvalue weighted by molar-refractivity contribution is 7.89. The van der Waals surface area contributed by atoms with Gasteiger partial charge in [-0.1, -0.05) is 12.1 Å². The lowest BCUT2D eigenvalue weighted by Gasteiger charge is -2.36. The van der Waals surface area contributed by atoms with Gasteiger partial charge in [0, 0.05) is 32.7 Å². The molecule has 116 valence electrons. The molecule has 1 N–H and O–H groups in total. The number of nitrogens with zero attached hydrogens (tertiary/aromatic N) is 2. The predicted molar refractivity (Wildman–Crippen MR) is 80.4 cm³/mol. The monoisotopic (exact) mass is 313 g/mol. The Bertz CT molecular complexity index is 594. The second kappa shape index (κ2) is 5.90. The van der Waals surface area contributed by atoms with E-state index in [-0.39, 0.29) is 11.1 Å². The highest BCUT2D eigenvalue weighted by atomic mass is 32.2. The highest BCUT2D eigenvalue weighted by Crippen LogP contribution is 2.23. The molecule has 5 nitrogen and oxygen atoms in total. The van der Waals surface area contributed by atoms with Gasteiger partial charge in [-0.2, -0.15) is 4.31 Å². The minimum Gasteiger partial charge on any atom is -0.367 e. The summed E-state index contributed by atoms with van der Waals surface area (Å²) in [5.41, 5.74) is 0.553. The molecule has 1 aromatic carbocycles. The second-order valence-electron chi connectivity index (χ2n) is 5.50. The van der Waals surface area contributed by atoms with Gasteiger partial charge in [0.15, 0.2) is 0 Å². The first-order valence-electron chi connectivity index (χ1n) is 7.28. The summed E-state index contributed by atoms with van der Waals surface area (Å²) < 4.78 is 40.3. The normalized spacial score (nSPS) is 24.4. The lowest BCUT2D eigenvalue weighted by atomic mass is 10.2. The van der Waals surface area contributed by atoms with Gasteiger partial charge in [-0.05, 0) is 25.1 Å². The van der Waals surface area contributed by atoms with Crippen LogP contribution in [0.25, 0.3) is 0 Å². The summed E-state index contributed by atoms with van der Waals surface area (Å²) in [5.74, 6) is -0.256. The molecule has 0 amide bonds. The summed E-state index contributed by atoms with van der Waals surface area (Å²) in [6.07, 6.45) is 0.676. The second-order valence-corrected chi connectivity index (χ2v) is 7.71. The van der Waals surface area contributed by atoms with Crippen LogP contribution in [0.1, 0.15) is 6.42 Å². The molecule has 0 aliphatic carbocycles. The number of para-hydroxylation sites is 1. The Balaban J connectivity index is 1.66. The summed E-state index contributed by atoms with van der Waals surface area (Å²) in [5, 5.41) is 2.79. The van der Waals surface area contributed by atoms with Gasteiger partial charge in [0.05, 0.1) is 10.9 Å². The third kappa shape index (κ3) is 2.90. The maximum absolute atomic E-state index is 13.8. The van der Waals surface area contributed by atoms with Crippen molar-refractivity contribution in [2.45, 2.75) is 11.7 Å². The molecule has 2 aliphatic rings. The number of rotatable bonds is 3. The number of piperazine rings is 1. The zero-order chi connectivity index (χ0) is 14.9. The van der Waals surface area contributed by atoms with Crippen molar-refractivity contribution in [1.82, 2.24) is 9.62 Å². The number of hydrogen-bond acceptors (Lipinski definition) is 4. The Morgan fingerprint density at radius 2 is 1.86 bits per heavy atom. The number of benzene rings is 1. The molecule has 1 unspecified atom stereocenters. The summed E-state index contributed by atoms with van der Waals surface area (Å²) in [6.45, 7) is 3.20. The van der Waals surface area contributed by atoms with E-state index in [0.717, 1.165) is 6.54 Å². The molecule has 7 heteroatoms. The van der Waals surface area contributed by atoms with Crippen molar-refractivity contribution < 1.29 is 12.8 Å². The van der Waals surface area contributed by atoms with Gasteiger partial charge in [-0.15, -0.1) is 0 Å². The Labute approximate surface area is 124 Å². The van der Waals surface area contributed by atoms with Gasteiger partial charge in [-0.3, -0.25) is 0 Å². The molecule has 2 aliphatic heterocycles. The van der Waals surface area contributed by atoms with E-state index < -0.39 is 10.0 Å². The van der Waals surface area contributed by atoms with Crippen LogP contribution in [-0.4, -0.2) is 57.2 Å². The third-order valence-corrected chi connectivity index (χ3v) is 6.56. The van der Waals surface area contributed by atoms with Crippen LogP contribution >= 0.6 is 0 Å². The lowest BCUT2D eigenvalue weighted by molar-refractivity contribution is 0.378. The van der Waals surface area contributed by atoms with E-state index >= 15 is 0 Å². The molecule has 3 rings (SSSR count). The van der Waals surface area contributed by atoms with Gasteiger partial charge < -0.3 is 10.2 Å². The van der Waals surface area contributed by atoms with Crippen molar-refractivity contribution in [1.29, 1.82) is 0 Å². The van der Waals surface area contributed by atoms with Crippen molar-refractivity contribution in [3.63, 3.8) is 0 Å². The smallest absolute Gasteiger partial charge is 0.218 e. The summed E-state index contributed by atoms with van der Waals surface area (Å²) in [6, 6.07) is 6.63. The Morgan fingerprint density at radius 3 is 2.48 bits per heavy atom. The van der Waals surface area contributed by atoms with Crippen LogP contribution in [0.2, 0.25) is 0 Å². The predicted octanol–water partition coefficient (Wildman–Crippen LogP) is 0.639. The average Bonchev–Trinajstić information content (AvgIpc) is 3.03. The van der Waals surface area contributed by atoms with E-state index in [2.05, 4.69) is 5.32 Å². The van der Waals surface area contributed by atoms with E-state index in [1.165, 1.54) is 6.07 Å². The number of hydrogen-bond donors (Lipinski definition) is 1. The zero-order valence-corrected chi connectivity index (χ0v) is 12.7. The average molecular weight is 313 g/mol. The van der Waals surface area contributed by atoms with E-state index in [4.69, 9.17) is 0 Å². The molecule has 2 heterocycles. The van der Waals surface area contributed by atoms with Crippen molar-refractivity contribution in [3.05, 3.63) is 30.1 Å². The summed E-state index contributed by atoms with van der Waals surface area (Å²) >= 11 is 0. The minimum absolute atomic E-state index is 0.256. The van der Waals surface area contributed by atoms with Crippen molar-refractivity contribution in [2.75, 3.05) is 44.2 Å². The zero-order valence-electron chi connectivity index (χ0n) is 11.8. The quantitative estimate of drug-likeness (QED) is 0.890. The van der Waals surface area contributed by atoms with Crippen LogP contribution in [0.15, 0.2) is 24.3 Å². The Hall–Kier alpha value is -1.18. The first kappa shape index (κ1) is 14.7. The molecule has 21 heavy (non-hydrogen) atoms. The number of halogens is 1. The first-order valence-corrected chi connectivity index (χ1v) is 8.78. The molecule has 2 saturated heterocycles. The molecular weight excluding hydrogens is 293 g/mol. The van der Waals surface area contributed by atoms with Gasteiger partial charge in [0.2, 0.25) is 10.0 Å². The Kier molecular flexibility index (Phi) is 4.14. The van der Waals surface area contributed by atoms with Crippen LogP contribution in [0.4, 0.5) is 10.1 Å². The molecule has 1 atom stereocenters. The minimum atomic E-state index is -3.23. The maximum atomic E-state index is 13.8. The van der Waals surface area contributed by atoms with Crippen LogP contribution in [0.5, 0.6) is 0 Å².